The van der Waals surface area contributed by atoms with E-state index < -0.39 is 0 Å². The van der Waals surface area contributed by atoms with Gasteiger partial charge in [-0.15, -0.1) is 10.2 Å². The Morgan fingerprint density at radius 2 is 1.75 bits per heavy atom. The lowest BCUT2D eigenvalue weighted by Gasteiger charge is -2.10. The smallest absolute Gasteiger partial charge is 0.192 e. The molecule has 0 fully saturated rings. The molecule has 0 aliphatic heterocycles. The number of rotatable bonds is 6. The highest BCUT2D eigenvalue weighted by Crippen LogP contribution is 2.29. The van der Waals surface area contributed by atoms with Crippen LogP contribution in [0.3, 0.4) is 0 Å². The summed E-state index contributed by atoms with van der Waals surface area (Å²) in [5.41, 5.74) is 3.93. The monoisotopic (exact) mass is 394 g/mol. The van der Waals surface area contributed by atoms with Crippen molar-refractivity contribution in [1.82, 2.24) is 19.9 Å². The fraction of sp³-hybridized carbons (Fsp3) is 0.190. The number of aromatic nitrogens is 4. The molecule has 0 saturated carbocycles. The summed E-state index contributed by atoms with van der Waals surface area (Å²) in [5.74, 6) is 1.95. The van der Waals surface area contributed by atoms with Crippen molar-refractivity contribution in [2.24, 2.45) is 0 Å². The van der Waals surface area contributed by atoms with Gasteiger partial charge in [0.05, 0.1) is 12.2 Å². The van der Waals surface area contributed by atoms with Gasteiger partial charge in [0.2, 0.25) is 0 Å². The highest BCUT2D eigenvalue weighted by atomic mass is 32.2. The molecular formula is C21H19FN4OS. The van der Waals surface area contributed by atoms with Gasteiger partial charge in [-0.2, -0.15) is 0 Å². The third-order valence-electron chi connectivity index (χ3n) is 4.53. The largest absolute Gasteiger partial charge is 0.361 e. The Bertz CT molecular complexity index is 1050. The minimum Gasteiger partial charge on any atom is -0.361 e. The van der Waals surface area contributed by atoms with Crippen LogP contribution >= 0.6 is 11.8 Å². The second-order valence-corrected chi connectivity index (χ2v) is 7.42. The van der Waals surface area contributed by atoms with Crippen molar-refractivity contribution in [3.05, 3.63) is 83.0 Å². The molecular weight excluding hydrogens is 375 g/mol. The summed E-state index contributed by atoms with van der Waals surface area (Å²) in [7, 11) is 0. The zero-order valence-electron chi connectivity index (χ0n) is 15.6. The number of halogens is 1. The van der Waals surface area contributed by atoms with Gasteiger partial charge in [-0.25, -0.2) is 4.39 Å². The lowest BCUT2D eigenvalue weighted by Crippen LogP contribution is -2.04. The summed E-state index contributed by atoms with van der Waals surface area (Å²) < 4.78 is 20.7. The molecule has 7 heteroatoms. The molecule has 0 unspecified atom stereocenters. The summed E-state index contributed by atoms with van der Waals surface area (Å²) in [4.78, 5) is 0. The molecule has 0 atom stereocenters. The molecule has 0 amide bonds. The molecule has 5 nitrogen and oxygen atoms in total. The Labute approximate surface area is 166 Å². The van der Waals surface area contributed by atoms with Crippen LogP contribution in [0, 0.1) is 19.7 Å². The molecule has 2 aromatic carbocycles. The number of hydrogen-bond donors (Lipinski definition) is 0. The van der Waals surface area contributed by atoms with Crippen molar-refractivity contribution >= 4 is 11.8 Å². The molecule has 2 aromatic heterocycles. The Balaban J connectivity index is 1.68. The van der Waals surface area contributed by atoms with E-state index >= 15 is 0 Å². The van der Waals surface area contributed by atoms with Crippen LogP contribution in [0.2, 0.25) is 0 Å². The van der Waals surface area contributed by atoms with E-state index in [1.165, 1.54) is 12.1 Å². The van der Waals surface area contributed by atoms with E-state index in [0.29, 0.717) is 18.1 Å². The molecule has 0 saturated heterocycles. The summed E-state index contributed by atoms with van der Waals surface area (Å²) in [5, 5.41) is 13.6. The van der Waals surface area contributed by atoms with Crippen molar-refractivity contribution in [2.45, 2.75) is 31.3 Å². The van der Waals surface area contributed by atoms with E-state index in [-0.39, 0.29) is 5.82 Å². The van der Waals surface area contributed by atoms with Crippen molar-refractivity contribution in [1.29, 1.82) is 0 Å². The van der Waals surface area contributed by atoms with Crippen LogP contribution in [-0.4, -0.2) is 19.9 Å². The van der Waals surface area contributed by atoms with Gasteiger partial charge >= 0.3 is 0 Å². The number of hydrogen-bond acceptors (Lipinski definition) is 5. The van der Waals surface area contributed by atoms with Gasteiger partial charge in [-0.1, -0.05) is 47.3 Å². The van der Waals surface area contributed by atoms with E-state index in [2.05, 4.69) is 32.1 Å². The molecule has 2 heterocycles. The van der Waals surface area contributed by atoms with Crippen molar-refractivity contribution < 1.29 is 8.91 Å². The maximum atomic E-state index is 13.3. The first-order valence-electron chi connectivity index (χ1n) is 8.89. The highest BCUT2D eigenvalue weighted by Gasteiger charge is 2.17. The molecule has 0 radical (unpaired) electrons. The van der Waals surface area contributed by atoms with Crippen LogP contribution in [0.25, 0.3) is 11.4 Å². The summed E-state index contributed by atoms with van der Waals surface area (Å²) in [6.45, 7) is 4.48. The predicted molar refractivity (Wildman–Crippen MR) is 106 cm³/mol. The Kier molecular flexibility index (Phi) is 5.25. The second kappa shape index (κ2) is 7.98. The van der Waals surface area contributed by atoms with Gasteiger partial charge < -0.3 is 4.52 Å². The zero-order chi connectivity index (χ0) is 19.5. The van der Waals surface area contributed by atoms with Gasteiger partial charge in [0.25, 0.3) is 0 Å². The number of aryl methyl sites for hydroxylation is 2. The zero-order valence-corrected chi connectivity index (χ0v) is 16.4. The normalized spacial score (nSPS) is 11.1. The fourth-order valence-electron chi connectivity index (χ4n) is 2.96. The van der Waals surface area contributed by atoms with Crippen LogP contribution < -0.4 is 0 Å². The predicted octanol–water partition coefficient (Wildman–Crippen LogP) is 5.03. The quantitative estimate of drug-likeness (QED) is 0.429. The highest BCUT2D eigenvalue weighted by molar-refractivity contribution is 7.98. The van der Waals surface area contributed by atoms with Crippen LogP contribution in [0.15, 0.2) is 64.3 Å². The summed E-state index contributed by atoms with van der Waals surface area (Å²) >= 11 is 1.59. The average Bonchev–Trinajstić information content (AvgIpc) is 3.25. The number of nitrogens with zero attached hydrogens (tertiary/aromatic N) is 4. The number of benzene rings is 2. The van der Waals surface area contributed by atoms with Crippen LogP contribution in [0.5, 0.6) is 0 Å². The maximum absolute atomic E-state index is 13.3. The molecule has 0 N–H and O–H groups in total. The van der Waals surface area contributed by atoms with Gasteiger partial charge in [0.1, 0.15) is 11.6 Å². The van der Waals surface area contributed by atoms with E-state index in [9.17, 15) is 4.39 Å². The van der Waals surface area contributed by atoms with Crippen molar-refractivity contribution in [3.8, 4) is 11.4 Å². The second-order valence-electron chi connectivity index (χ2n) is 6.48. The summed E-state index contributed by atoms with van der Waals surface area (Å²) in [6, 6.07) is 16.5. The van der Waals surface area contributed by atoms with E-state index in [1.54, 1.807) is 23.9 Å². The average molecular weight is 394 g/mol. The van der Waals surface area contributed by atoms with Gasteiger partial charge in [-0.3, -0.25) is 4.57 Å². The van der Waals surface area contributed by atoms with Crippen LogP contribution in [-0.2, 0) is 12.3 Å². The molecule has 0 aliphatic carbocycles. The molecule has 4 rings (SSSR count). The molecule has 0 spiro atoms. The minimum atomic E-state index is -0.272. The number of thioether (sulfide) groups is 1. The molecule has 4 aromatic rings. The third-order valence-corrected chi connectivity index (χ3v) is 5.52. The van der Waals surface area contributed by atoms with E-state index in [4.69, 9.17) is 4.52 Å². The molecule has 0 aliphatic rings. The summed E-state index contributed by atoms with van der Waals surface area (Å²) in [6.07, 6.45) is 0. The fourth-order valence-corrected chi connectivity index (χ4v) is 4.05. The Morgan fingerprint density at radius 1 is 1.00 bits per heavy atom. The minimum absolute atomic E-state index is 0.272. The lowest BCUT2D eigenvalue weighted by molar-refractivity contribution is 0.392. The first-order valence-corrected chi connectivity index (χ1v) is 9.88. The van der Waals surface area contributed by atoms with Crippen LogP contribution in [0.1, 0.15) is 22.6 Å². The van der Waals surface area contributed by atoms with E-state index in [1.807, 2.05) is 32.0 Å². The Hall–Kier alpha value is -2.93. The molecule has 28 heavy (non-hydrogen) atoms. The van der Waals surface area contributed by atoms with Crippen molar-refractivity contribution in [2.75, 3.05) is 0 Å². The van der Waals surface area contributed by atoms with Gasteiger partial charge in [-0.05, 0) is 43.7 Å². The topological polar surface area (TPSA) is 56.7 Å². The van der Waals surface area contributed by atoms with E-state index in [0.717, 1.165) is 33.3 Å². The van der Waals surface area contributed by atoms with Crippen molar-refractivity contribution in [3.63, 3.8) is 0 Å². The van der Waals surface area contributed by atoms with Gasteiger partial charge in [0.15, 0.2) is 11.0 Å². The first-order chi connectivity index (χ1) is 13.6. The Morgan fingerprint density at radius 3 is 2.43 bits per heavy atom. The lowest BCUT2D eigenvalue weighted by atomic mass is 10.2. The standard InChI is InChI=1S/C21H19FN4OS/c1-14-19(15(2)27-25-14)13-28-21-24-23-20(17-8-10-18(22)11-9-17)26(21)12-16-6-4-3-5-7-16/h3-11H,12-13H2,1-2H3. The van der Waals surface area contributed by atoms with Gasteiger partial charge in [0, 0.05) is 16.9 Å². The molecule has 142 valence electrons. The molecule has 0 bridgehead atoms. The maximum Gasteiger partial charge on any atom is 0.192 e. The van der Waals surface area contributed by atoms with Crippen LogP contribution in [0.4, 0.5) is 4.39 Å². The third kappa shape index (κ3) is 3.84. The first kappa shape index (κ1) is 18.4. The SMILES string of the molecule is Cc1noc(C)c1CSc1nnc(-c2ccc(F)cc2)n1Cc1ccccc1.